The average Bonchev–Trinajstić information content (AvgIpc) is 3.08. The normalized spacial score (nSPS) is 42.5. The van der Waals surface area contributed by atoms with E-state index in [2.05, 4.69) is 44.1 Å². The molecular weight excluding hydrogens is 422 g/mol. The molecule has 34 heavy (non-hydrogen) atoms. The lowest BCUT2D eigenvalue weighted by Gasteiger charge is -2.65. The van der Waals surface area contributed by atoms with Gasteiger partial charge in [0.1, 0.15) is 0 Å². The molecule has 0 saturated heterocycles. The lowest BCUT2D eigenvalue weighted by molar-refractivity contribution is -0.128. The predicted octanol–water partition coefficient (Wildman–Crippen LogP) is 4.79. The highest BCUT2D eigenvalue weighted by molar-refractivity contribution is 5.91. The predicted molar refractivity (Wildman–Crippen MR) is 135 cm³/mol. The molecule has 5 aliphatic rings. The summed E-state index contributed by atoms with van der Waals surface area (Å²) >= 11 is 0. The Kier molecular flexibility index (Phi) is 5.00. The summed E-state index contributed by atoms with van der Waals surface area (Å²) in [5, 5.41) is 21.4. The summed E-state index contributed by atoms with van der Waals surface area (Å²) in [5.74, 6) is 2.33. The minimum absolute atomic E-state index is 0.0278. The molecule has 3 fully saturated rings. The van der Waals surface area contributed by atoms with E-state index in [4.69, 9.17) is 0 Å². The quantitative estimate of drug-likeness (QED) is 0.635. The first-order valence-electron chi connectivity index (χ1n) is 13.3. The molecule has 1 aromatic carbocycles. The molecule has 4 heteroatoms. The van der Waals surface area contributed by atoms with Gasteiger partial charge in [-0.25, -0.2) is 0 Å². The molecule has 5 aliphatic carbocycles. The first-order chi connectivity index (χ1) is 16.2. The number of anilines is 1. The largest absolute Gasteiger partial charge is 0.392 e. The Hall–Kier alpha value is -1.91. The topological polar surface area (TPSA) is 60.8 Å². The van der Waals surface area contributed by atoms with Crippen molar-refractivity contribution in [2.24, 2.45) is 28.6 Å². The van der Waals surface area contributed by atoms with Gasteiger partial charge in [-0.15, -0.1) is 0 Å². The highest BCUT2D eigenvalue weighted by Gasteiger charge is 2.67. The molecule has 1 aromatic rings. The SMILES string of the molecule is CN(C)c1ccc2c(c1)C[C@]13CCC(=O)C=C1CC[C@@H]1C3C2C[C@@]2(C)[C@H]1CC[C@]2(O)/C=C\CO. The Morgan fingerprint density at radius 2 is 2.00 bits per heavy atom. The smallest absolute Gasteiger partial charge is 0.155 e. The molecule has 0 heterocycles. The summed E-state index contributed by atoms with van der Waals surface area (Å²) in [6.45, 7) is 2.30. The molecule has 2 unspecified atom stereocenters. The maximum absolute atomic E-state index is 12.5. The van der Waals surface area contributed by atoms with Gasteiger partial charge >= 0.3 is 0 Å². The van der Waals surface area contributed by atoms with Crippen molar-refractivity contribution in [2.45, 2.75) is 69.8 Å². The number of carbonyl (C=O) groups is 1. The van der Waals surface area contributed by atoms with Crippen molar-refractivity contribution in [3.63, 3.8) is 0 Å². The van der Waals surface area contributed by atoms with Crippen molar-refractivity contribution in [1.29, 1.82) is 0 Å². The van der Waals surface area contributed by atoms with Gasteiger partial charge in [-0.3, -0.25) is 4.79 Å². The molecule has 7 atom stereocenters. The summed E-state index contributed by atoms with van der Waals surface area (Å²) in [7, 11) is 4.20. The van der Waals surface area contributed by atoms with Crippen LogP contribution in [0.5, 0.6) is 0 Å². The number of nitrogens with zero attached hydrogens (tertiary/aromatic N) is 1. The molecule has 0 aliphatic heterocycles. The molecule has 1 spiro atoms. The van der Waals surface area contributed by atoms with Gasteiger partial charge in [-0.05, 0) is 103 Å². The van der Waals surface area contributed by atoms with E-state index in [1.807, 2.05) is 12.2 Å². The highest BCUT2D eigenvalue weighted by Crippen LogP contribution is 2.73. The molecule has 6 rings (SSSR count). The number of fused-ring (bicyclic) bond motifs is 4. The second-order valence-electron chi connectivity index (χ2n) is 12.4. The van der Waals surface area contributed by atoms with Crippen molar-refractivity contribution in [2.75, 3.05) is 25.6 Å². The van der Waals surface area contributed by atoms with Crippen molar-refractivity contribution in [3.8, 4) is 0 Å². The van der Waals surface area contributed by atoms with Crippen molar-refractivity contribution in [3.05, 3.63) is 53.1 Å². The van der Waals surface area contributed by atoms with Crippen LogP contribution >= 0.6 is 0 Å². The van der Waals surface area contributed by atoms with Gasteiger partial charge in [0.15, 0.2) is 5.78 Å². The standard InChI is InChI=1S/C30H39NO3/c1-28-18-25-23-8-6-21(31(2)3)15-19(23)17-29-12-9-22(33)16-20(29)5-7-24(27(25)29)26(28)10-13-30(28,34)11-4-14-32/h4,6,8,11,15-16,24-27,32,34H,5,7,9-10,12-14,17-18H2,1-3H3/b11-4-/t24-,25?,26-,27?,28-,29+,30+/m0/s1. The summed E-state index contributed by atoms with van der Waals surface area (Å²) in [5.41, 5.74) is 4.62. The van der Waals surface area contributed by atoms with Gasteiger partial charge in [0.25, 0.3) is 0 Å². The number of hydrogen-bond donors (Lipinski definition) is 2. The Bertz CT molecular complexity index is 1090. The lowest BCUT2D eigenvalue weighted by atomic mass is 9.39. The molecule has 3 saturated carbocycles. The summed E-state index contributed by atoms with van der Waals surface area (Å²) in [6.07, 6.45) is 13.4. The fraction of sp³-hybridized carbons (Fsp3) is 0.633. The number of allylic oxidation sites excluding steroid dienone is 1. The molecule has 0 amide bonds. The third-order valence-corrected chi connectivity index (χ3v) is 10.9. The fourth-order valence-corrected chi connectivity index (χ4v) is 9.43. The number of aliphatic hydroxyl groups is 2. The first-order valence-corrected chi connectivity index (χ1v) is 13.3. The van der Waals surface area contributed by atoms with Crippen LogP contribution in [0.4, 0.5) is 5.69 Å². The molecular formula is C30H39NO3. The molecule has 182 valence electrons. The Morgan fingerprint density at radius 3 is 2.76 bits per heavy atom. The van der Waals surface area contributed by atoms with Gasteiger partial charge in [0, 0.05) is 31.6 Å². The van der Waals surface area contributed by atoms with Gasteiger partial charge in [-0.2, -0.15) is 0 Å². The van der Waals surface area contributed by atoms with Crippen LogP contribution in [0.2, 0.25) is 0 Å². The van der Waals surface area contributed by atoms with Crippen molar-refractivity contribution in [1.82, 2.24) is 0 Å². The third kappa shape index (κ3) is 2.88. The Labute approximate surface area is 203 Å². The highest BCUT2D eigenvalue weighted by atomic mass is 16.3. The zero-order valence-electron chi connectivity index (χ0n) is 20.9. The van der Waals surface area contributed by atoms with Crippen LogP contribution in [0.1, 0.15) is 68.9 Å². The average molecular weight is 462 g/mol. The lowest BCUT2D eigenvalue weighted by Crippen LogP contribution is -2.59. The Balaban J connectivity index is 1.53. The van der Waals surface area contributed by atoms with Gasteiger partial charge in [0.2, 0.25) is 0 Å². The minimum Gasteiger partial charge on any atom is -0.392 e. The molecule has 2 N–H and O–H groups in total. The fourth-order valence-electron chi connectivity index (χ4n) is 9.43. The van der Waals surface area contributed by atoms with Crippen LogP contribution < -0.4 is 4.90 Å². The number of aliphatic hydroxyl groups excluding tert-OH is 1. The van der Waals surface area contributed by atoms with E-state index in [9.17, 15) is 15.0 Å². The maximum atomic E-state index is 12.5. The van der Waals surface area contributed by atoms with Crippen LogP contribution in [-0.4, -0.2) is 42.3 Å². The van der Waals surface area contributed by atoms with Crippen LogP contribution in [0.15, 0.2) is 42.0 Å². The summed E-state index contributed by atoms with van der Waals surface area (Å²) in [6, 6.07) is 7.02. The number of ketones is 1. The second kappa shape index (κ2) is 7.54. The number of carbonyl (C=O) groups excluding carboxylic acids is 1. The van der Waals surface area contributed by atoms with E-state index in [-0.39, 0.29) is 17.4 Å². The molecule has 0 bridgehead atoms. The summed E-state index contributed by atoms with van der Waals surface area (Å²) in [4.78, 5) is 14.7. The van der Waals surface area contributed by atoms with Gasteiger partial charge in [0.05, 0.1) is 12.2 Å². The first kappa shape index (κ1) is 22.5. The van der Waals surface area contributed by atoms with E-state index >= 15 is 0 Å². The van der Waals surface area contributed by atoms with E-state index in [0.29, 0.717) is 35.9 Å². The van der Waals surface area contributed by atoms with E-state index < -0.39 is 5.60 Å². The number of rotatable bonds is 3. The molecule has 0 radical (unpaired) electrons. The van der Waals surface area contributed by atoms with Crippen LogP contribution in [0.3, 0.4) is 0 Å². The monoisotopic (exact) mass is 461 g/mol. The van der Waals surface area contributed by atoms with Gasteiger partial charge < -0.3 is 15.1 Å². The second-order valence-corrected chi connectivity index (χ2v) is 12.4. The number of hydrogen-bond acceptors (Lipinski definition) is 4. The van der Waals surface area contributed by atoms with E-state index in [0.717, 1.165) is 44.9 Å². The molecule has 4 nitrogen and oxygen atoms in total. The van der Waals surface area contributed by atoms with Gasteiger partial charge in [-0.1, -0.05) is 30.7 Å². The molecule has 0 aromatic heterocycles. The van der Waals surface area contributed by atoms with Crippen molar-refractivity contribution >= 4 is 11.5 Å². The van der Waals surface area contributed by atoms with Crippen LogP contribution in [0.25, 0.3) is 0 Å². The van der Waals surface area contributed by atoms with Crippen molar-refractivity contribution < 1.29 is 15.0 Å². The zero-order valence-corrected chi connectivity index (χ0v) is 20.9. The maximum Gasteiger partial charge on any atom is 0.155 e. The Morgan fingerprint density at radius 1 is 1.18 bits per heavy atom. The minimum atomic E-state index is -0.863. The van der Waals surface area contributed by atoms with E-state index in [1.165, 1.54) is 22.4 Å². The number of benzene rings is 1. The third-order valence-electron chi connectivity index (χ3n) is 10.9. The van der Waals surface area contributed by atoms with Crippen LogP contribution in [-0.2, 0) is 11.2 Å². The summed E-state index contributed by atoms with van der Waals surface area (Å²) < 4.78 is 0. The zero-order chi connectivity index (χ0) is 23.9. The van der Waals surface area contributed by atoms with E-state index in [1.54, 1.807) is 6.08 Å². The van der Waals surface area contributed by atoms with Crippen LogP contribution in [0, 0.1) is 28.6 Å².